The zero-order chi connectivity index (χ0) is 15.5. The van der Waals surface area contributed by atoms with Crippen molar-refractivity contribution in [2.45, 2.75) is 66.4 Å². The van der Waals surface area contributed by atoms with Gasteiger partial charge in [-0.15, -0.1) is 0 Å². The first kappa shape index (κ1) is 16.1. The van der Waals surface area contributed by atoms with E-state index >= 15 is 0 Å². The quantitative estimate of drug-likeness (QED) is 0.883. The van der Waals surface area contributed by atoms with Crippen LogP contribution in [0.2, 0.25) is 0 Å². The van der Waals surface area contributed by atoms with Crippen molar-refractivity contribution >= 4 is 5.95 Å². The standard InChI is InChI=1S/C17H29N3O/c1-6-7-18-16-19-11-13(3)15(20-16)21-14-8-12(2)9-17(4,5)10-14/h11-12,14H,6-10H2,1-5H3,(H,18,19,20). The summed E-state index contributed by atoms with van der Waals surface area (Å²) >= 11 is 0. The summed E-state index contributed by atoms with van der Waals surface area (Å²) in [6.45, 7) is 12.0. The Morgan fingerprint density at radius 1 is 1.38 bits per heavy atom. The van der Waals surface area contributed by atoms with E-state index in [1.165, 1.54) is 6.42 Å². The maximum absolute atomic E-state index is 6.22. The Morgan fingerprint density at radius 3 is 2.81 bits per heavy atom. The first-order valence-corrected chi connectivity index (χ1v) is 8.14. The van der Waals surface area contributed by atoms with E-state index < -0.39 is 0 Å². The van der Waals surface area contributed by atoms with Crippen LogP contribution in [0, 0.1) is 18.3 Å². The highest BCUT2D eigenvalue weighted by Crippen LogP contribution is 2.40. The normalized spacial score (nSPS) is 24.6. The molecule has 1 fully saturated rings. The molecule has 1 N–H and O–H groups in total. The molecule has 4 nitrogen and oxygen atoms in total. The molecule has 1 heterocycles. The Hall–Kier alpha value is -1.32. The second-order valence-electron chi connectivity index (χ2n) is 7.26. The van der Waals surface area contributed by atoms with E-state index in [4.69, 9.17) is 4.74 Å². The Kier molecular flexibility index (Phi) is 5.07. The van der Waals surface area contributed by atoms with Gasteiger partial charge in [0.1, 0.15) is 6.10 Å². The number of ether oxygens (including phenoxy) is 1. The molecule has 0 amide bonds. The molecule has 1 aromatic heterocycles. The average molecular weight is 291 g/mol. The number of rotatable bonds is 5. The van der Waals surface area contributed by atoms with Gasteiger partial charge in [-0.05, 0) is 43.9 Å². The maximum Gasteiger partial charge on any atom is 0.225 e. The van der Waals surface area contributed by atoms with Gasteiger partial charge >= 0.3 is 0 Å². The molecule has 0 bridgehead atoms. The third-order valence-electron chi connectivity index (χ3n) is 4.08. The summed E-state index contributed by atoms with van der Waals surface area (Å²) in [4.78, 5) is 8.84. The summed E-state index contributed by atoms with van der Waals surface area (Å²) in [7, 11) is 0. The number of nitrogens with one attached hydrogen (secondary N) is 1. The van der Waals surface area contributed by atoms with Crippen LogP contribution in [-0.2, 0) is 0 Å². The second-order valence-corrected chi connectivity index (χ2v) is 7.26. The highest BCUT2D eigenvalue weighted by molar-refractivity contribution is 5.32. The van der Waals surface area contributed by atoms with Crippen LogP contribution in [-0.4, -0.2) is 22.6 Å². The number of anilines is 1. The average Bonchev–Trinajstić information content (AvgIpc) is 2.37. The van der Waals surface area contributed by atoms with Crippen molar-refractivity contribution < 1.29 is 4.74 Å². The number of hydrogen-bond acceptors (Lipinski definition) is 4. The highest BCUT2D eigenvalue weighted by atomic mass is 16.5. The summed E-state index contributed by atoms with van der Waals surface area (Å²) < 4.78 is 6.22. The third-order valence-corrected chi connectivity index (χ3v) is 4.08. The van der Waals surface area contributed by atoms with Gasteiger partial charge in [-0.1, -0.05) is 27.7 Å². The lowest BCUT2D eigenvalue weighted by atomic mass is 9.71. The largest absolute Gasteiger partial charge is 0.474 e. The van der Waals surface area contributed by atoms with E-state index in [2.05, 4.69) is 43.0 Å². The monoisotopic (exact) mass is 291 g/mol. The lowest BCUT2D eigenvalue weighted by Crippen LogP contribution is -2.34. The molecule has 0 aromatic carbocycles. The zero-order valence-corrected chi connectivity index (χ0v) is 14.1. The molecule has 21 heavy (non-hydrogen) atoms. The van der Waals surface area contributed by atoms with Gasteiger partial charge in [0.2, 0.25) is 11.8 Å². The number of nitrogens with zero attached hydrogens (tertiary/aromatic N) is 2. The fraction of sp³-hybridized carbons (Fsp3) is 0.765. The van der Waals surface area contributed by atoms with Crippen LogP contribution >= 0.6 is 0 Å². The van der Waals surface area contributed by atoms with Crippen LogP contribution in [0.4, 0.5) is 5.95 Å². The van der Waals surface area contributed by atoms with Crippen molar-refractivity contribution in [1.29, 1.82) is 0 Å². The summed E-state index contributed by atoms with van der Waals surface area (Å²) in [6, 6.07) is 0. The first-order chi connectivity index (χ1) is 9.89. The highest BCUT2D eigenvalue weighted by Gasteiger charge is 2.33. The van der Waals surface area contributed by atoms with Gasteiger partial charge in [0, 0.05) is 18.3 Å². The van der Waals surface area contributed by atoms with Crippen LogP contribution in [0.15, 0.2) is 6.20 Å². The van der Waals surface area contributed by atoms with E-state index in [-0.39, 0.29) is 6.10 Å². The van der Waals surface area contributed by atoms with Gasteiger partial charge in [-0.2, -0.15) is 4.98 Å². The fourth-order valence-corrected chi connectivity index (χ4v) is 3.37. The lowest BCUT2D eigenvalue weighted by molar-refractivity contribution is 0.0527. The Balaban J connectivity index is 2.07. The van der Waals surface area contributed by atoms with Gasteiger partial charge in [-0.25, -0.2) is 4.98 Å². The lowest BCUT2D eigenvalue weighted by Gasteiger charge is -2.38. The van der Waals surface area contributed by atoms with E-state index in [9.17, 15) is 0 Å². The van der Waals surface area contributed by atoms with E-state index in [1.54, 1.807) is 0 Å². The van der Waals surface area contributed by atoms with Gasteiger partial charge < -0.3 is 10.1 Å². The first-order valence-electron chi connectivity index (χ1n) is 8.14. The van der Waals surface area contributed by atoms with E-state index in [1.807, 2.05) is 13.1 Å². The molecule has 0 spiro atoms. The van der Waals surface area contributed by atoms with E-state index in [0.717, 1.165) is 37.3 Å². The van der Waals surface area contributed by atoms with Gasteiger partial charge in [0.15, 0.2) is 0 Å². The zero-order valence-electron chi connectivity index (χ0n) is 14.1. The molecule has 2 unspecified atom stereocenters. The molecular weight excluding hydrogens is 262 g/mol. The van der Waals surface area contributed by atoms with Crippen molar-refractivity contribution in [1.82, 2.24) is 9.97 Å². The summed E-state index contributed by atoms with van der Waals surface area (Å²) in [5, 5.41) is 3.22. The SMILES string of the molecule is CCCNc1ncc(C)c(OC2CC(C)CC(C)(C)C2)n1. The molecule has 1 aliphatic rings. The van der Waals surface area contributed by atoms with Gasteiger partial charge in [-0.3, -0.25) is 0 Å². The number of aromatic nitrogens is 2. The van der Waals surface area contributed by atoms with Crippen molar-refractivity contribution in [2.75, 3.05) is 11.9 Å². The summed E-state index contributed by atoms with van der Waals surface area (Å²) in [5.74, 6) is 2.11. The van der Waals surface area contributed by atoms with Crippen LogP contribution in [0.5, 0.6) is 5.88 Å². The topological polar surface area (TPSA) is 47.0 Å². The van der Waals surface area contributed by atoms with Crippen molar-refractivity contribution in [3.8, 4) is 5.88 Å². The van der Waals surface area contributed by atoms with Gasteiger partial charge in [0.25, 0.3) is 0 Å². The molecule has 0 radical (unpaired) electrons. The van der Waals surface area contributed by atoms with Crippen molar-refractivity contribution in [3.05, 3.63) is 11.8 Å². The van der Waals surface area contributed by atoms with Crippen molar-refractivity contribution in [2.24, 2.45) is 11.3 Å². The Morgan fingerprint density at radius 2 is 2.14 bits per heavy atom. The second kappa shape index (κ2) is 6.63. The molecule has 2 atom stereocenters. The molecule has 118 valence electrons. The predicted octanol–water partition coefficient (Wildman–Crippen LogP) is 4.20. The van der Waals surface area contributed by atoms with Crippen LogP contribution < -0.4 is 10.1 Å². The minimum Gasteiger partial charge on any atom is -0.474 e. The third kappa shape index (κ3) is 4.58. The molecule has 1 aromatic rings. The number of aryl methyl sites for hydroxylation is 1. The minimum absolute atomic E-state index is 0.261. The Labute approximate surface area is 128 Å². The molecule has 4 heteroatoms. The smallest absolute Gasteiger partial charge is 0.225 e. The van der Waals surface area contributed by atoms with Gasteiger partial charge in [0.05, 0.1) is 0 Å². The van der Waals surface area contributed by atoms with Crippen molar-refractivity contribution in [3.63, 3.8) is 0 Å². The van der Waals surface area contributed by atoms with E-state index in [0.29, 0.717) is 17.3 Å². The minimum atomic E-state index is 0.261. The molecule has 1 aliphatic carbocycles. The summed E-state index contributed by atoms with van der Waals surface area (Å²) in [6.07, 6.45) is 6.65. The fourth-order valence-electron chi connectivity index (χ4n) is 3.37. The molecule has 1 saturated carbocycles. The molecule has 0 aliphatic heterocycles. The predicted molar refractivity (Wildman–Crippen MR) is 86.8 cm³/mol. The molecular formula is C17H29N3O. The molecule has 2 rings (SSSR count). The molecule has 0 saturated heterocycles. The summed E-state index contributed by atoms with van der Waals surface area (Å²) in [5.41, 5.74) is 1.36. The van der Waals surface area contributed by atoms with Crippen LogP contribution in [0.1, 0.15) is 58.9 Å². The maximum atomic E-state index is 6.22. The van der Waals surface area contributed by atoms with Crippen LogP contribution in [0.25, 0.3) is 0 Å². The number of hydrogen-bond donors (Lipinski definition) is 1. The van der Waals surface area contributed by atoms with Crippen LogP contribution in [0.3, 0.4) is 0 Å². The Bertz CT molecular complexity index is 473.